The normalized spacial score (nSPS) is 18.5. The zero-order valence-electron chi connectivity index (χ0n) is 18.9. The standard InChI is InChI=1S/C21H21FN6O6S2/c1-10-27-13-7-14(12(22)6-11(13)18(30)17(20(31)32)19(27)35-10)26-4-2-25(3-5-26)9-15(29)24-21-23-8-16(36-21)28(33)34/h6-8,10,15,29H,2-5,9H2,1H3,(H,23,24)(H,31,32). The minimum Gasteiger partial charge on any atom is -0.477 e. The van der Waals surface area contributed by atoms with Crippen molar-refractivity contribution in [2.75, 3.05) is 42.9 Å². The van der Waals surface area contributed by atoms with Crippen LogP contribution in [0.25, 0.3) is 10.9 Å². The van der Waals surface area contributed by atoms with E-state index in [9.17, 15) is 29.9 Å². The summed E-state index contributed by atoms with van der Waals surface area (Å²) in [6.07, 6.45) is 0.132. The minimum absolute atomic E-state index is 0.0415. The summed E-state index contributed by atoms with van der Waals surface area (Å²) in [6.45, 7) is 4.11. The number of carboxylic acid groups (broad SMARTS) is 1. The van der Waals surface area contributed by atoms with Crippen LogP contribution >= 0.6 is 23.1 Å². The number of β-amino-alcohol motifs (C(OH)–C–C–N with tert-alkyl or cyclic N) is 1. The maximum Gasteiger partial charge on any atom is 0.345 e. The molecule has 2 atom stereocenters. The third-order valence-corrected chi connectivity index (χ3v) is 8.25. The van der Waals surface area contributed by atoms with Crippen LogP contribution in [0.5, 0.6) is 0 Å². The highest BCUT2D eigenvalue weighted by Crippen LogP contribution is 2.46. The van der Waals surface area contributed by atoms with Gasteiger partial charge in [0.05, 0.1) is 26.5 Å². The lowest BCUT2D eigenvalue weighted by molar-refractivity contribution is -0.380. The number of piperazine rings is 1. The fourth-order valence-electron chi connectivity index (χ4n) is 4.49. The van der Waals surface area contributed by atoms with Crippen molar-refractivity contribution in [3.8, 4) is 0 Å². The maximum absolute atomic E-state index is 15.1. The van der Waals surface area contributed by atoms with Crippen molar-refractivity contribution in [1.29, 1.82) is 0 Å². The summed E-state index contributed by atoms with van der Waals surface area (Å²) < 4.78 is 16.9. The number of carboxylic acids is 1. The molecule has 3 aromatic rings. The molecule has 2 aliphatic heterocycles. The molecular weight excluding hydrogens is 515 g/mol. The van der Waals surface area contributed by atoms with E-state index in [0.717, 1.165) is 23.6 Å². The number of pyridine rings is 1. The van der Waals surface area contributed by atoms with E-state index in [1.54, 1.807) is 10.6 Å². The summed E-state index contributed by atoms with van der Waals surface area (Å²) in [4.78, 5) is 42.3. The summed E-state index contributed by atoms with van der Waals surface area (Å²) in [5.41, 5.74) is -0.184. The average Bonchev–Trinajstić information content (AvgIpc) is 3.28. The number of thiazole rings is 1. The van der Waals surface area contributed by atoms with Crippen molar-refractivity contribution < 1.29 is 24.3 Å². The second-order valence-corrected chi connectivity index (χ2v) is 10.7. The van der Waals surface area contributed by atoms with E-state index in [0.29, 0.717) is 42.4 Å². The SMILES string of the molecule is CC1Sc2c(C(=O)O)c(=O)c3cc(F)c(N4CCN(CC(O)Nc5ncc([N+](=O)[O-])s5)CC4)cc3n21. The van der Waals surface area contributed by atoms with Gasteiger partial charge in [-0.15, -0.1) is 0 Å². The smallest absolute Gasteiger partial charge is 0.345 e. The fraction of sp³-hybridized carbons (Fsp3) is 0.381. The van der Waals surface area contributed by atoms with Gasteiger partial charge in [0.15, 0.2) is 5.13 Å². The highest BCUT2D eigenvalue weighted by molar-refractivity contribution is 8.00. The predicted molar refractivity (Wildman–Crippen MR) is 133 cm³/mol. The van der Waals surface area contributed by atoms with Gasteiger partial charge in [0, 0.05) is 38.1 Å². The van der Waals surface area contributed by atoms with Crippen LogP contribution in [0.2, 0.25) is 0 Å². The van der Waals surface area contributed by atoms with Gasteiger partial charge in [-0.25, -0.2) is 14.2 Å². The van der Waals surface area contributed by atoms with E-state index in [1.165, 1.54) is 11.8 Å². The molecule has 2 aliphatic rings. The number of hydrogen-bond donors (Lipinski definition) is 3. The monoisotopic (exact) mass is 536 g/mol. The number of anilines is 2. The number of aliphatic hydroxyl groups excluding tert-OH is 1. The summed E-state index contributed by atoms with van der Waals surface area (Å²) >= 11 is 2.13. The Hall–Kier alpha value is -3.27. The van der Waals surface area contributed by atoms with Gasteiger partial charge >= 0.3 is 11.0 Å². The number of nitro groups is 1. The van der Waals surface area contributed by atoms with Gasteiger partial charge in [0.25, 0.3) is 0 Å². The molecule has 5 rings (SSSR count). The molecule has 4 heterocycles. The first-order chi connectivity index (χ1) is 17.1. The largest absolute Gasteiger partial charge is 0.477 e. The molecule has 2 aromatic heterocycles. The Bertz CT molecular complexity index is 1440. The van der Waals surface area contributed by atoms with Gasteiger partial charge in [0.1, 0.15) is 23.8 Å². The number of halogens is 1. The zero-order valence-corrected chi connectivity index (χ0v) is 20.5. The first-order valence-corrected chi connectivity index (χ1v) is 12.7. The second kappa shape index (κ2) is 9.31. The van der Waals surface area contributed by atoms with Crippen LogP contribution in [0.4, 0.5) is 20.2 Å². The number of fused-ring (bicyclic) bond motifs is 3. The lowest BCUT2D eigenvalue weighted by Crippen LogP contribution is -2.49. The predicted octanol–water partition coefficient (Wildman–Crippen LogP) is 2.38. The molecule has 0 saturated carbocycles. The lowest BCUT2D eigenvalue weighted by Gasteiger charge is -2.37. The summed E-state index contributed by atoms with van der Waals surface area (Å²) in [6, 6.07) is 2.73. The van der Waals surface area contributed by atoms with Crippen molar-refractivity contribution in [2.24, 2.45) is 0 Å². The van der Waals surface area contributed by atoms with E-state index in [4.69, 9.17) is 0 Å². The number of thioether (sulfide) groups is 1. The summed E-state index contributed by atoms with van der Waals surface area (Å²) in [5, 5.41) is 33.8. The van der Waals surface area contributed by atoms with Gasteiger partial charge in [0.2, 0.25) is 5.43 Å². The van der Waals surface area contributed by atoms with Gasteiger partial charge < -0.3 is 25.0 Å². The number of aromatic nitrogens is 2. The van der Waals surface area contributed by atoms with Crippen LogP contribution in [-0.2, 0) is 0 Å². The first-order valence-electron chi connectivity index (χ1n) is 11.0. The lowest BCUT2D eigenvalue weighted by atomic mass is 10.1. The Balaban J connectivity index is 1.30. The van der Waals surface area contributed by atoms with E-state index in [-0.39, 0.29) is 33.0 Å². The van der Waals surface area contributed by atoms with E-state index < -0.39 is 28.4 Å². The maximum atomic E-state index is 15.1. The van der Waals surface area contributed by atoms with Crippen LogP contribution in [-0.4, -0.2) is 74.5 Å². The van der Waals surface area contributed by atoms with Crippen LogP contribution < -0.4 is 15.6 Å². The number of hydrogen-bond acceptors (Lipinski definition) is 11. The van der Waals surface area contributed by atoms with Gasteiger partial charge in [-0.05, 0) is 30.4 Å². The fourth-order valence-corrected chi connectivity index (χ4v) is 6.32. The molecule has 0 bridgehead atoms. The van der Waals surface area contributed by atoms with Crippen LogP contribution in [0.15, 0.2) is 28.2 Å². The number of aliphatic hydroxyl groups is 1. The molecule has 1 fully saturated rings. The third-order valence-electron chi connectivity index (χ3n) is 6.20. The van der Waals surface area contributed by atoms with E-state index in [1.807, 2.05) is 16.7 Å². The number of benzene rings is 1. The molecule has 190 valence electrons. The van der Waals surface area contributed by atoms with Gasteiger partial charge in [-0.3, -0.25) is 19.8 Å². The summed E-state index contributed by atoms with van der Waals surface area (Å²) in [7, 11) is 0. The number of carbonyl (C=O) groups is 1. The van der Waals surface area contributed by atoms with Crippen molar-refractivity contribution >= 4 is 55.8 Å². The zero-order chi connectivity index (χ0) is 25.7. The Labute approximate surface area is 211 Å². The van der Waals surface area contributed by atoms with E-state index >= 15 is 4.39 Å². The molecule has 0 amide bonds. The molecule has 0 aliphatic carbocycles. The van der Waals surface area contributed by atoms with Crippen LogP contribution in [0.3, 0.4) is 0 Å². The molecule has 0 radical (unpaired) electrons. The topological polar surface area (TPSA) is 154 Å². The molecule has 15 heteroatoms. The van der Waals surface area contributed by atoms with Crippen molar-refractivity contribution in [1.82, 2.24) is 14.5 Å². The quantitative estimate of drug-likeness (QED) is 0.232. The summed E-state index contributed by atoms with van der Waals surface area (Å²) in [5.74, 6) is -1.92. The van der Waals surface area contributed by atoms with Crippen molar-refractivity contribution in [3.63, 3.8) is 0 Å². The molecule has 1 aromatic carbocycles. The molecule has 12 nitrogen and oxygen atoms in total. The van der Waals surface area contributed by atoms with Crippen LogP contribution in [0, 0.1) is 15.9 Å². The van der Waals surface area contributed by atoms with Crippen molar-refractivity contribution in [2.45, 2.75) is 23.6 Å². The first kappa shape index (κ1) is 24.4. The molecule has 3 N–H and O–H groups in total. The second-order valence-electron chi connectivity index (χ2n) is 8.43. The number of aromatic carboxylic acids is 1. The molecule has 36 heavy (non-hydrogen) atoms. The molecule has 1 saturated heterocycles. The van der Waals surface area contributed by atoms with Gasteiger partial charge in [-0.1, -0.05) is 11.8 Å². The minimum atomic E-state index is -1.32. The number of nitrogens with zero attached hydrogens (tertiary/aromatic N) is 5. The highest BCUT2D eigenvalue weighted by atomic mass is 32.2. The number of rotatable bonds is 7. The molecule has 0 spiro atoms. The molecular formula is C21H21FN6O6S2. The number of nitrogens with one attached hydrogen (secondary N) is 1. The van der Waals surface area contributed by atoms with Gasteiger partial charge in [-0.2, -0.15) is 0 Å². The van der Waals surface area contributed by atoms with Crippen molar-refractivity contribution in [3.05, 3.63) is 50.0 Å². The molecule has 2 unspecified atom stereocenters. The van der Waals surface area contributed by atoms with E-state index in [2.05, 4.69) is 10.3 Å². The highest BCUT2D eigenvalue weighted by Gasteiger charge is 2.33. The Morgan fingerprint density at radius 3 is 2.69 bits per heavy atom. The Morgan fingerprint density at radius 1 is 1.36 bits per heavy atom. The average molecular weight is 537 g/mol. The van der Waals surface area contributed by atoms with Crippen LogP contribution in [0.1, 0.15) is 22.7 Å². The Morgan fingerprint density at radius 2 is 2.08 bits per heavy atom. The third kappa shape index (κ3) is 4.27. The Kier molecular flexibility index (Phi) is 6.32.